The monoisotopic (exact) mass is 434 g/mol. The first-order chi connectivity index (χ1) is 14.6. The Labute approximate surface area is 187 Å². The molecule has 0 atom stereocenters. The van der Waals surface area contributed by atoms with Crippen molar-refractivity contribution in [2.45, 2.75) is 6.92 Å². The van der Waals surface area contributed by atoms with Crippen LogP contribution in [0.15, 0.2) is 89.5 Å². The molecular formula is C25H23ClN2OS. The Bertz CT molecular complexity index is 1060. The van der Waals surface area contributed by atoms with Gasteiger partial charge in [0.25, 0.3) is 0 Å². The van der Waals surface area contributed by atoms with Crippen LogP contribution in [0.4, 0.5) is 11.4 Å². The predicted octanol–water partition coefficient (Wildman–Crippen LogP) is 6.39. The lowest BCUT2D eigenvalue weighted by Gasteiger charge is -2.40. The van der Waals surface area contributed by atoms with E-state index in [1.807, 2.05) is 24.5 Å². The van der Waals surface area contributed by atoms with Crippen molar-refractivity contribution in [3.05, 3.63) is 106 Å². The van der Waals surface area contributed by atoms with Crippen molar-refractivity contribution in [2.75, 3.05) is 29.3 Å². The second kappa shape index (κ2) is 8.99. The lowest BCUT2D eigenvalue weighted by Crippen LogP contribution is -2.45. The van der Waals surface area contributed by atoms with Crippen LogP contribution in [-0.4, -0.2) is 25.3 Å². The largest absolute Gasteiger partial charge is 0.349 e. The summed E-state index contributed by atoms with van der Waals surface area (Å²) in [5.41, 5.74) is 4.83. The molecule has 3 nitrogen and oxygen atoms in total. The first-order valence-electron chi connectivity index (χ1n) is 9.78. The summed E-state index contributed by atoms with van der Waals surface area (Å²) in [4.78, 5) is 18.0. The van der Waals surface area contributed by atoms with Crippen LogP contribution in [0.25, 0.3) is 0 Å². The molecule has 0 saturated heterocycles. The molecule has 0 radical (unpaired) electrons. The molecule has 3 aromatic carbocycles. The SMILES string of the molecule is CSC1=C(C(=O)c2ccc(Cl)cc2)CN(c2ccc(C)cc2)CN1c1ccccc1. The number of benzene rings is 3. The van der Waals surface area contributed by atoms with Crippen molar-refractivity contribution >= 4 is 40.5 Å². The number of Topliss-reactive ketones (excluding diaryl/α,β-unsaturated/α-hetero) is 1. The molecule has 1 aliphatic rings. The molecule has 0 aromatic heterocycles. The molecule has 1 heterocycles. The van der Waals surface area contributed by atoms with Crippen molar-refractivity contribution < 1.29 is 4.79 Å². The highest BCUT2D eigenvalue weighted by Crippen LogP contribution is 2.35. The minimum absolute atomic E-state index is 0.0359. The number of ketones is 1. The Morgan fingerprint density at radius 3 is 2.20 bits per heavy atom. The Morgan fingerprint density at radius 2 is 1.57 bits per heavy atom. The van der Waals surface area contributed by atoms with Crippen molar-refractivity contribution in [3.63, 3.8) is 0 Å². The van der Waals surface area contributed by atoms with Gasteiger partial charge in [-0.3, -0.25) is 4.79 Å². The normalized spacial score (nSPS) is 14.2. The smallest absolute Gasteiger partial charge is 0.193 e. The summed E-state index contributed by atoms with van der Waals surface area (Å²) in [6.07, 6.45) is 2.03. The van der Waals surface area contributed by atoms with Gasteiger partial charge in [-0.2, -0.15) is 0 Å². The summed E-state index contributed by atoms with van der Waals surface area (Å²) in [5, 5.41) is 1.62. The number of aryl methyl sites for hydroxylation is 1. The predicted molar refractivity (Wildman–Crippen MR) is 129 cm³/mol. The Morgan fingerprint density at radius 1 is 0.900 bits per heavy atom. The van der Waals surface area contributed by atoms with Crippen LogP contribution in [0.2, 0.25) is 5.02 Å². The molecule has 0 fully saturated rings. The summed E-state index contributed by atoms with van der Waals surface area (Å²) in [6.45, 7) is 3.32. The van der Waals surface area contributed by atoms with Crippen LogP contribution in [0, 0.1) is 6.92 Å². The van der Waals surface area contributed by atoms with Crippen LogP contribution in [0.5, 0.6) is 0 Å². The molecule has 0 bridgehead atoms. The Kier molecular flexibility index (Phi) is 6.16. The van der Waals surface area contributed by atoms with Crippen LogP contribution >= 0.6 is 23.4 Å². The molecule has 30 heavy (non-hydrogen) atoms. The average molecular weight is 435 g/mol. The summed E-state index contributed by atoms with van der Waals surface area (Å²) >= 11 is 7.65. The maximum Gasteiger partial charge on any atom is 0.193 e. The summed E-state index contributed by atoms with van der Waals surface area (Å²) in [7, 11) is 0. The van der Waals surface area contributed by atoms with Gasteiger partial charge in [0.05, 0.1) is 18.2 Å². The zero-order valence-corrected chi connectivity index (χ0v) is 18.6. The second-order valence-electron chi connectivity index (χ2n) is 7.26. The number of anilines is 2. The van der Waals surface area contributed by atoms with Gasteiger partial charge in [0.1, 0.15) is 0 Å². The molecule has 152 valence electrons. The minimum Gasteiger partial charge on any atom is -0.349 e. The Hall–Kier alpha value is -2.69. The fourth-order valence-electron chi connectivity index (χ4n) is 3.62. The van der Waals surface area contributed by atoms with Gasteiger partial charge < -0.3 is 9.80 Å². The van der Waals surface area contributed by atoms with E-state index in [4.69, 9.17) is 11.6 Å². The van der Waals surface area contributed by atoms with Crippen LogP contribution in [0.3, 0.4) is 0 Å². The lowest BCUT2D eigenvalue weighted by atomic mass is 10.0. The number of rotatable bonds is 5. The average Bonchev–Trinajstić information content (AvgIpc) is 2.79. The van der Waals surface area contributed by atoms with Gasteiger partial charge in [0.15, 0.2) is 5.78 Å². The van der Waals surface area contributed by atoms with Gasteiger partial charge in [-0.15, -0.1) is 11.8 Å². The summed E-state index contributed by atoms with van der Waals surface area (Å²) in [6, 6.07) is 25.8. The lowest BCUT2D eigenvalue weighted by molar-refractivity contribution is 0.103. The topological polar surface area (TPSA) is 23.6 Å². The van der Waals surface area contributed by atoms with Gasteiger partial charge in [-0.05, 0) is 61.7 Å². The third-order valence-electron chi connectivity index (χ3n) is 5.21. The number of thioether (sulfide) groups is 1. The van der Waals surface area contributed by atoms with Crippen molar-refractivity contribution in [1.82, 2.24) is 0 Å². The second-order valence-corrected chi connectivity index (χ2v) is 8.49. The molecule has 5 heteroatoms. The molecule has 1 aliphatic heterocycles. The molecule has 0 spiro atoms. The van der Waals surface area contributed by atoms with Gasteiger partial charge in [0.2, 0.25) is 0 Å². The van der Waals surface area contributed by atoms with Crippen molar-refractivity contribution in [3.8, 4) is 0 Å². The molecule has 4 rings (SSSR count). The fourth-order valence-corrected chi connectivity index (χ4v) is 4.53. The number of hydrogen-bond donors (Lipinski definition) is 0. The summed E-state index contributed by atoms with van der Waals surface area (Å²) in [5.74, 6) is 0.0359. The third-order valence-corrected chi connectivity index (χ3v) is 6.31. The maximum atomic E-state index is 13.5. The molecule has 0 amide bonds. The van der Waals surface area contributed by atoms with Crippen LogP contribution < -0.4 is 9.80 Å². The van der Waals surface area contributed by atoms with E-state index in [2.05, 4.69) is 53.1 Å². The van der Waals surface area contributed by atoms with E-state index in [0.717, 1.165) is 22.0 Å². The zero-order valence-electron chi connectivity index (χ0n) is 17.0. The molecule has 0 N–H and O–H groups in total. The van der Waals surface area contributed by atoms with Crippen LogP contribution in [0.1, 0.15) is 15.9 Å². The number of nitrogens with zero attached hydrogens (tertiary/aromatic N) is 2. The van der Waals surface area contributed by atoms with Crippen LogP contribution in [-0.2, 0) is 0 Å². The van der Waals surface area contributed by atoms with Crippen molar-refractivity contribution in [1.29, 1.82) is 0 Å². The standard InChI is InChI=1S/C25H23ClN2OS/c1-18-8-14-21(15-9-18)27-16-23(24(29)19-10-12-20(26)13-11-19)25(30-2)28(17-27)22-6-4-3-5-7-22/h3-15H,16-17H2,1-2H3. The number of hydrogen-bond acceptors (Lipinski definition) is 4. The van der Waals surface area contributed by atoms with Crippen molar-refractivity contribution in [2.24, 2.45) is 0 Å². The van der Waals surface area contributed by atoms with E-state index in [0.29, 0.717) is 23.8 Å². The minimum atomic E-state index is 0.0359. The van der Waals surface area contributed by atoms with Gasteiger partial charge in [-0.25, -0.2) is 0 Å². The van der Waals surface area contributed by atoms with E-state index in [-0.39, 0.29) is 5.78 Å². The highest BCUT2D eigenvalue weighted by Gasteiger charge is 2.30. The van der Waals surface area contributed by atoms with Gasteiger partial charge in [-0.1, -0.05) is 47.5 Å². The number of carbonyl (C=O) groups excluding carboxylic acids is 1. The van der Waals surface area contributed by atoms with Gasteiger partial charge >= 0.3 is 0 Å². The van der Waals surface area contributed by atoms with E-state index >= 15 is 0 Å². The Balaban J connectivity index is 1.80. The molecular weight excluding hydrogens is 412 g/mol. The first-order valence-corrected chi connectivity index (χ1v) is 11.4. The molecule has 0 saturated carbocycles. The third kappa shape index (κ3) is 4.25. The molecule has 0 unspecified atom stereocenters. The van der Waals surface area contributed by atoms with E-state index in [1.54, 1.807) is 36.0 Å². The number of para-hydroxylation sites is 1. The molecule has 3 aromatic rings. The maximum absolute atomic E-state index is 13.5. The fraction of sp³-hybridized carbons (Fsp3) is 0.160. The van der Waals surface area contributed by atoms with E-state index in [1.165, 1.54) is 5.56 Å². The quantitative estimate of drug-likeness (QED) is 0.434. The highest BCUT2D eigenvalue weighted by molar-refractivity contribution is 8.02. The number of carbonyl (C=O) groups is 1. The van der Waals surface area contributed by atoms with E-state index < -0.39 is 0 Å². The van der Waals surface area contributed by atoms with Gasteiger partial charge in [0, 0.05) is 27.5 Å². The zero-order chi connectivity index (χ0) is 21.1. The first kappa shape index (κ1) is 20.6. The molecule has 0 aliphatic carbocycles. The number of halogens is 1. The van der Waals surface area contributed by atoms with E-state index in [9.17, 15) is 4.79 Å². The summed E-state index contributed by atoms with van der Waals surface area (Å²) < 4.78 is 0. The highest BCUT2D eigenvalue weighted by atomic mass is 35.5.